The van der Waals surface area contributed by atoms with Crippen LogP contribution in [0.4, 0.5) is 4.79 Å². The first-order chi connectivity index (χ1) is 20.0. The zero-order valence-electron chi connectivity index (χ0n) is 25.3. The zero-order valence-corrected chi connectivity index (χ0v) is 26.0. The Kier molecular flexibility index (Phi) is 9.71. The maximum absolute atomic E-state index is 13.3. The third kappa shape index (κ3) is 7.59. The SMILES string of the molecule is CC(C)(C)C(C#Cc1cc(C(=O)NCC23CC4CC(CC(C4)C2)C3)c(Cl)cn1)N(CCCOC1CCCCO1)C(=O)O. The van der Waals surface area contributed by atoms with Gasteiger partial charge >= 0.3 is 6.09 Å². The second-order valence-corrected chi connectivity index (χ2v) is 14.6. The summed E-state index contributed by atoms with van der Waals surface area (Å²) in [5.41, 5.74) is 0.506. The summed E-state index contributed by atoms with van der Waals surface area (Å²) in [5.74, 6) is 8.44. The van der Waals surface area contributed by atoms with Gasteiger partial charge in [-0.15, -0.1) is 0 Å². The minimum Gasteiger partial charge on any atom is -0.465 e. The lowest BCUT2D eigenvalue weighted by atomic mass is 9.49. The lowest BCUT2D eigenvalue weighted by molar-refractivity contribution is -0.163. The largest absolute Gasteiger partial charge is 0.465 e. The summed E-state index contributed by atoms with van der Waals surface area (Å²) in [4.78, 5) is 31.3. The number of carbonyl (C=O) groups is 2. The van der Waals surface area contributed by atoms with Crippen molar-refractivity contribution in [3.8, 4) is 11.8 Å². The molecule has 5 aliphatic rings. The van der Waals surface area contributed by atoms with Gasteiger partial charge in [0, 0.05) is 25.9 Å². The van der Waals surface area contributed by atoms with Crippen molar-refractivity contribution in [1.82, 2.24) is 15.2 Å². The average Bonchev–Trinajstić information content (AvgIpc) is 2.93. The number of amides is 2. The predicted molar refractivity (Wildman–Crippen MR) is 161 cm³/mol. The van der Waals surface area contributed by atoms with Crippen LogP contribution in [-0.4, -0.2) is 65.6 Å². The van der Waals surface area contributed by atoms with Crippen molar-refractivity contribution in [3.63, 3.8) is 0 Å². The Labute approximate surface area is 255 Å². The van der Waals surface area contributed by atoms with E-state index in [1.807, 2.05) is 20.8 Å². The molecule has 1 aromatic heterocycles. The fourth-order valence-electron chi connectivity index (χ4n) is 8.08. The first-order valence-corrected chi connectivity index (χ1v) is 16.1. The van der Waals surface area contributed by atoms with Gasteiger partial charge < -0.3 is 19.9 Å². The summed E-state index contributed by atoms with van der Waals surface area (Å²) in [5, 5.41) is 13.5. The molecular formula is C33H46ClN3O5. The molecule has 4 saturated carbocycles. The van der Waals surface area contributed by atoms with E-state index >= 15 is 0 Å². The molecule has 6 rings (SSSR count). The van der Waals surface area contributed by atoms with Gasteiger partial charge in [0.2, 0.25) is 0 Å². The van der Waals surface area contributed by atoms with E-state index in [1.54, 1.807) is 6.07 Å². The maximum Gasteiger partial charge on any atom is 0.408 e. The Morgan fingerprint density at radius 2 is 1.90 bits per heavy atom. The van der Waals surface area contributed by atoms with E-state index in [1.165, 1.54) is 49.6 Å². The summed E-state index contributed by atoms with van der Waals surface area (Å²) in [6, 6.07) is 1.03. The van der Waals surface area contributed by atoms with Crippen LogP contribution in [-0.2, 0) is 9.47 Å². The molecule has 42 heavy (non-hydrogen) atoms. The Hall–Kier alpha value is -2.34. The number of pyridine rings is 1. The van der Waals surface area contributed by atoms with Crippen LogP contribution in [0.1, 0.15) is 101 Å². The van der Waals surface area contributed by atoms with Gasteiger partial charge in [-0.05, 0) is 105 Å². The number of carbonyl (C=O) groups excluding carboxylic acids is 1. The number of halogens is 1. The van der Waals surface area contributed by atoms with Gasteiger partial charge in [0.25, 0.3) is 5.91 Å². The molecule has 0 spiro atoms. The number of nitrogens with one attached hydrogen (secondary N) is 1. The molecule has 1 saturated heterocycles. The van der Waals surface area contributed by atoms with Gasteiger partial charge in [-0.25, -0.2) is 9.78 Å². The van der Waals surface area contributed by atoms with E-state index in [0.717, 1.165) is 37.0 Å². The predicted octanol–water partition coefficient (Wildman–Crippen LogP) is 6.36. The van der Waals surface area contributed by atoms with E-state index in [0.29, 0.717) is 37.4 Å². The summed E-state index contributed by atoms with van der Waals surface area (Å²) < 4.78 is 11.4. The maximum atomic E-state index is 13.3. The Balaban J connectivity index is 1.23. The van der Waals surface area contributed by atoms with Crippen molar-refractivity contribution in [1.29, 1.82) is 0 Å². The van der Waals surface area contributed by atoms with E-state index in [9.17, 15) is 14.7 Å². The van der Waals surface area contributed by atoms with Crippen molar-refractivity contribution in [3.05, 3.63) is 28.5 Å². The van der Waals surface area contributed by atoms with Crippen LogP contribution in [0.2, 0.25) is 5.02 Å². The van der Waals surface area contributed by atoms with Gasteiger partial charge in [0.05, 0.1) is 17.2 Å². The number of carboxylic acid groups (broad SMARTS) is 1. The topological polar surface area (TPSA) is 101 Å². The molecule has 2 N–H and O–H groups in total. The second kappa shape index (κ2) is 13.1. The Morgan fingerprint density at radius 3 is 2.50 bits per heavy atom. The van der Waals surface area contributed by atoms with Crippen molar-refractivity contribution >= 4 is 23.6 Å². The van der Waals surface area contributed by atoms with Crippen LogP contribution in [0.5, 0.6) is 0 Å². The molecule has 9 heteroatoms. The van der Waals surface area contributed by atoms with Crippen LogP contribution in [0, 0.1) is 40.4 Å². The number of ether oxygens (including phenoxy) is 2. The smallest absolute Gasteiger partial charge is 0.408 e. The molecule has 2 unspecified atom stereocenters. The molecule has 1 aliphatic heterocycles. The van der Waals surface area contributed by atoms with Gasteiger partial charge in [0.15, 0.2) is 6.29 Å². The van der Waals surface area contributed by atoms with Crippen LogP contribution in [0.15, 0.2) is 12.3 Å². The van der Waals surface area contributed by atoms with Gasteiger partial charge in [-0.3, -0.25) is 9.69 Å². The van der Waals surface area contributed by atoms with E-state index in [2.05, 4.69) is 22.1 Å². The summed E-state index contributed by atoms with van der Waals surface area (Å²) in [6.07, 6.45) is 11.5. The summed E-state index contributed by atoms with van der Waals surface area (Å²) >= 11 is 6.42. The summed E-state index contributed by atoms with van der Waals surface area (Å²) in [6.45, 7) is 7.99. The molecule has 8 nitrogen and oxygen atoms in total. The van der Waals surface area contributed by atoms with Crippen LogP contribution in [0.25, 0.3) is 0 Å². The number of hydrogen-bond donors (Lipinski definition) is 2. The first-order valence-electron chi connectivity index (χ1n) is 15.7. The highest BCUT2D eigenvalue weighted by Gasteiger charge is 2.50. The molecule has 2 heterocycles. The van der Waals surface area contributed by atoms with Crippen molar-refractivity contribution in [2.24, 2.45) is 28.6 Å². The molecule has 0 aromatic carbocycles. The quantitative estimate of drug-likeness (QED) is 0.253. The highest BCUT2D eigenvalue weighted by Crippen LogP contribution is 2.59. The molecule has 5 fully saturated rings. The number of hydrogen-bond acceptors (Lipinski definition) is 5. The third-order valence-electron chi connectivity index (χ3n) is 9.59. The molecule has 2 amide bonds. The number of rotatable bonds is 9. The minimum atomic E-state index is -1.04. The molecule has 2 atom stereocenters. The normalized spacial score (nSPS) is 29.0. The summed E-state index contributed by atoms with van der Waals surface area (Å²) in [7, 11) is 0. The molecule has 4 bridgehead atoms. The number of nitrogens with zero attached hydrogens (tertiary/aromatic N) is 2. The lowest BCUT2D eigenvalue weighted by Gasteiger charge is -2.56. The van der Waals surface area contributed by atoms with E-state index in [4.69, 9.17) is 21.1 Å². The fraction of sp³-hybridized carbons (Fsp3) is 0.727. The van der Waals surface area contributed by atoms with Crippen LogP contribution in [0.3, 0.4) is 0 Å². The van der Waals surface area contributed by atoms with Gasteiger partial charge in [0.1, 0.15) is 11.7 Å². The molecule has 0 radical (unpaired) electrons. The highest BCUT2D eigenvalue weighted by atomic mass is 35.5. The number of aromatic nitrogens is 1. The van der Waals surface area contributed by atoms with Gasteiger partial charge in [-0.2, -0.15) is 0 Å². The van der Waals surface area contributed by atoms with Gasteiger partial charge in [-0.1, -0.05) is 38.3 Å². The van der Waals surface area contributed by atoms with Crippen LogP contribution >= 0.6 is 11.6 Å². The fourth-order valence-corrected chi connectivity index (χ4v) is 8.27. The molecule has 230 valence electrons. The average molecular weight is 600 g/mol. The molecule has 1 aromatic rings. The third-order valence-corrected chi connectivity index (χ3v) is 9.89. The van der Waals surface area contributed by atoms with Crippen molar-refractivity contribution < 1.29 is 24.2 Å². The zero-order chi connectivity index (χ0) is 29.9. The Morgan fingerprint density at radius 1 is 1.21 bits per heavy atom. The highest BCUT2D eigenvalue weighted by molar-refractivity contribution is 6.33. The standard InChI is InChI=1S/C33H46ClN3O5/c1-32(2,3)28(37(31(39)40)10-6-12-42-29-7-4-5-11-41-29)9-8-25-16-26(27(34)20-35-25)30(38)36-21-33-17-22-13-23(18-33)15-24(14-22)19-33/h16,20,22-24,28-29H,4-7,10-15,17-19,21H2,1-3H3,(H,36,38)(H,39,40). The van der Waals surface area contributed by atoms with Crippen LogP contribution < -0.4 is 5.32 Å². The van der Waals surface area contributed by atoms with E-state index in [-0.39, 0.29) is 29.2 Å². The second-order valence-electron chi connectivity index (χ2n) is 14.2. The molecule has 4 aliphatic carbocycles. The molecular weight excluding hydrogens is 554 g/mol. The van der Waals surface area contributed by atoms with Crippen molar-refractivity contribution in [2.75, 3.05) is 26.3 Å². The first kappa shape index (κ1) is 31.1. The van der Waals surface area contributed by atoms with Crippen molar-refractivity contribution in [2.45, 2.75) is 97.3 Å². The lowest BCUT2D eigenvalue weighted by Crippen LogP contribution is -2.51. The van der Waals surface area contributed by atoms with E-state index < -0.39 is 17.6 Å². The minimum absolute atomic E-state index is 0.204. The Bertz CT molecular complexity index is 1160. The monoisotopic (exact) mass is 599 g/mol.